The summed E-state index contributed by atoms with van der Waals surface area (Å²) in [6.07, 6.45) is -2.86. The van der Waals surface area contributed by atoms with Gasteiger partial charge in [0.15, 0.2) is 0 Å². The SMILES string of the molecule is CC1CCN(C(=O)CC(=O)Nc2ccc(C(F)(F)F)cc2)CC1. The molecular weight excluding hydrogens is 309 g/mol. The number of benzene rings is 1. The maximum atomic E-state index is 12.4. The fourth-order valence-corrected chi connectivity index (χ4v) is 2.45. The van der Waals surface area contributed by atoms with Crippen molar-refractivity contribution < 1.29 is 22.8 Å². The number of hydrogen-bond donors (Lipinski definition) is 1. The lowest BCUT2D eigenvalue weighted by molar-refractivity contribution is -0.138. The fraction of sp³-hybridized carbons (Fsp3) is 0.500. The molecule has 0 aromatic heterocycles. The second-order valence-corrected chi connectivity index (χ2v) is 5.86. The van der Waals surface area contributed by atoms with E-state index in [1.807, 2.05) is 0 Å². The summed E-state index contributed by atoms with van der Waals surface area (Å²) in [6.45, 7) is 3.42. The van der Waals surface area contributed by atoms with Gasteiger partial charge in [-0.05, 0) is 43.0 Å². The Hall–Kier alpha value is -2.05. The Kier molecular flexibility index (Phi) is 5.28. The lowest BCUT2D eigenvalue weighted by atomic mass is 9.99. The molecule has 1 aliphatic heterocycles. The smallest absolute Gasteiger partial charge is 0.342 e. The molecule has 0 unspecified atom stereocenters. The van der Waals surface area contributed by atoms with Gasteiger partial charge in [-0.15, -0.1) is 0 Å². The predicted molar refractivity (Wildman–Crippen MR) is 79.7 cm³/mol. The Labute approximate surface area is 132 Å². The molecule has 2 amide bonds. The Bertz CT molecular complexity index is 562. The summed E-state index contributed by atoms with van der Waals surface area (Å²) >= 11 is 0. The average molecular weight is 328 g/mol. The first-order valence-corrected chi connectivity index (χ1v) is 7.50. The molecule has 1 heterocycles. The van der Waals surface area contributed by atoms with Gasteiger partial charge in [-0.3, -0.25) is 9.59 Å². The Morgan fingerprint density at radius 1 is 1.17 bits per heavy atom. The van der Waals surface area contributed by atoms with Crippen LogP contribution in [0.1, 0.15) is 31.7 Å². The van der Waals surface area contributed by atoms with Gasteiger partial charge in [-0.1, -0.05) is 6.92 Å². The van der Waals surface area contributed by atoms with E-state index in [4.69, 9.17) is 0 Å². The van der Waals surface area contributed by atoms with Crippen LogP contribution in [-0.2, 0) is 15.8 Å². The lowest BCUT2D eigenvalue weighted by Crippen LogP contribution is -2.39. The van der Waals surface area contributed by atoms with Crippen molar-refractivity contribution in [3.8, 4) is 0 Å². The maximum Gasteiger partial charge on any atom is 0.416 e. The van der Waals surface area contributed by atoms with E-state index in [9.17, 15) is 22.8 Å². The number of rotatable bonds is 3. The van der Waals surface area contributed by atoms with Crippen molar-refractivity contribution in [1.82, 2.24) is 4.90 Å². The molecule has 4 nitrogen and oxygen atoms in total. The van der Waals surface area contributed by atoms with Crippen molar-refractivity contribution in [3.63, 3.8) is 0 Å². The number of piperidine rings is 1. The van der Waals surface area contributed by atoms with Crippen LogP contribution in [0.3, 0.4) is 0 Å². The van der Waals surface area contributed by atoms with Gasteiger partial charge in [0.1, 0.15) is 6.42 Å². The number of carbonyl (C=O) groups excluding carboxylic acids is 2. The minimum Gasteiger partial charge on any atom is -0.342 e. The minimum absolute atomic E-state index is 0.239. The third kappa shape index (κ3) is 4.97. The van der Waals surface area contributed by atoms with Gasteiger partial charge >= 0.3 is 6.18 Å². The molecule has 23 heavy (non-hydrogen) atoms. The summed E-state index contributed by atoms with van der Waals surface area (Å²) in [5.41, 5.74) is -0.544. The molecular formula is C16H19F3N2O2. The number of nitrogens with zero attached hydrogens (tertiary/aromatic N) is 1. The normalized spacial score (nSPS) is 16.3. The van der Waals surface area contributed by atoms with E-state index in [1.54, 1.807) is 4.90 Å². The van der Waals surface area contributed by atoms with E-state index in [0.717, 1.165) is 25.0 Å². The van der Waals surface area contributed by atoms with Gasteiger partial charge < -0.3 is 10.2 Å². The van der Waals surface area contributed by atoms with Crippen LogP contribution >= 0.6 is 0 Å². The summed E-state index contributed by atoms with van der Waals surface area (Å²) in [6, 6.07) is 4.13. The molecule has 1 N–H and O–H groups in total. The Morgan fingerprint density at radius 3 is 2.26 bits per heavy atom. The molecule has 1 saturated heterocycles. The fourth-order valence-electron chi connectivity index (χ4n) is 2.45. The summed E-state index contributed by atoms with van der Waals surface area (Å²) in [5, 5.41) is 2.45. The number of anilines is 1. The zero-order chi connectivity index (χ0) is 17.0. The number of carbonyl (C=O) groups is 2. The third-order valence-corrected chi connectivity index (χ3v) is 3.94. The molecule has 0 aliphatic carbocycles. The standard InChI is InChI=1S/C16H19F3N2O2/c1-11-6-8-21(9-7-11)15(23)10-14(22)20-13-4-2-12(3-5-13)16(17,18)19/h2-5,11H,6-10H2,1H3,(H,20,22). The predicted octanol–water partition coefficient (Wildman–Crippen LogP) is 3.29. The van der Waals surface area contributed by atoms with Gasteiger partial charge in [0.05, 0.1) is 5.56 Å². The molecule has 1 aromatic carbocycles. The summed E-state index contributed by atoms with van der Waals surface area (Å²) in [4.78, 5) is 25.5. The van der Waals surface area contributed by atoms with E-state index in [-0.39, 0.29) is 18.0 Å². The van der Waals surface area contributed by atoms with Gasteiger partial charge in [-0.2, -0.15) is 13.2 Å². The second kappa shape index (κ2) is 7.02. The van der Waals surface area contributed by atoms with Crippen LogP contribution in [0.2, 0.25) is 0 Å². The summed E-state index contributed by atoms with van der Waals surface area (Å²) < 4.78 is 37.3. The molecule has 0 spiro atoms. The average Bonchev–Trinajstić information content (AvgIpc) is 2.47. The van der Waals surface area contributed by atoms with Gasteiger partial charge in [-0.25, -0.2) is 0 Å². The van der Waals surface area contributed by atoms with E-state index in [0.29, 0.717) is 19.0 Å². The highest BCUT2D eigenvalue weighted by Gasteiger charge is 2.30. The van der Waals surface area contributed by atoms with Crippen LogP contribution in [0.25, 0.3) is 0 Å². The summed E-state index contributed by atoms with van der Waals surface area (Å²) in [5.74, 6) is -0.185. The van der Waals surface area contributed by atoms with Crippen molar-refractivity contribution in [2.75, 3.05) is 18.4 Å². The zero-order valence-electron chi connectivity index (χ0n) is 12.8. The number of likely N-dealkylation sites (tertiary alicyclic amines) is 1. The molecule has 2 rings (SSSR count). The maximum absolute atomic E-state index is 12.4. The van der Waals surface area contributed by atoms with Crippen LogP contribution in [0, 0.1) is 5.92 Å². The van der Waals surface area contributed by atoms with Crippen LogP contribution < -0.4 is 5.32 Å². The number of nitrogens with one attached hydrogen (secondary N) is 1. The molecule has 7 heteroatoms. The van der Waals surface area contributed by atoms with Crippen LogP contribution in [0.5, 0.6) is 0 Å². The molecule has 0 bridgehead atoms. The van der Waals surface area contributed by atoms with Crippen LogP contribution in [-0.4, -0.2) is 29.8 Å². The van der Waals surface area contributed by atoms with Gasteiger partial charge in [0.2, 0.25) is 11.8 Å². The Morgan fingerprint density at radius 2 is 1.74 bits per heavy atom. The molecule has 0 saturated carbocycles. The van der Waals surface area contributed by atoms with Crippen LogP contribution in [0.15, 0.2) is 24.3 Å². The van der Waals surface area contributed by atoms with Crippen molar-refractivity contribution in [2.45, 2.75) is 32.4 Å². The lowest BCUT2D eigenvalue weighted by Gasteiger charge is -2.30. The third-order valence-electron chi connectivity index (χ3n) is 3.94. The van der Waals surface area contributed by atoms with Crippen molar-refractivity contribution >= 4 is 17.5 Å². The van der Waals surface area contributed by atoms with Crippen molar-refractivity contribution in [2.24, 2.45) is 5.92 Å². The first kappa shape index (κ1) is 17.3. The van der Waals surface area contributed by atoms with Gasteiger partial charge in [0.25, 0.3) is 0 Å². The monoisotopic (exact) mass is 328 g/mol. The number of alkyl halides is 3. The highest BCUT2D eigenvalue weighted by Crippen LogP contribution is 2.29. The molecule has 0 radical (unpaired) electrons. The highest BCUT2D eigenvalue weighted by molar-refractivity contribution is 6.03. The summed E-state index contributed by atoms with van der Waals surface area (Å²) in [7, 11) is 0. The van der Waals surface area contributed by atoms with Crippen molar-refractivity contribution in [3.05, 3.63) is 29.8 Å². The Balaban J connectivity index is 1.86. The largest absolute Gasteiger partial charge is 0.416 e. The first-order valence-electron chi connectivity index (χ1n) is 7.50. The van der Waals surface area contributed by atoms with E-state index in [1.165, 1.54) is 12.1 Å². The number of amides is 2. The van der Waals surface area contributed by atoms with E-state index in [2.05, 4.69) is 12.2 Å². The first-order chi connectivity index (χ1) is 10.8. The van der Waals surface area contributed by atoms with E-state index >= 15 is 0 Å². The molecule has 126 valence electrons. The van der Waals surface area contributed by atoms with Crippen molar-refractivity contribution in [1.29, 1.82) is 0 Å². The quantitative estimate of drug-likeness (QED) is 0.866. The van der Waals surface area contributed by atoms with Gasteiger partial charge in [0, 0.05) is 18.8 Å². The molecule has 0 atom stereocenters. The topological polar surface area (TPSA) is 49.4 Å². The van der Waals surface area contributed by atoms with E-state index < -0.39 is 17.6 Å². The molecule has 1 aliphatic rings. The highest BCUT2D eigenvalue weighted by atomic mass is 19.4. The molecule has 1 fully saturated rings. The zero-order valence-corrected chi connectivity index (χ0v) is 12.8. The van der Waals surface area contributed by atoms with Crippen LogP contribution in [0.4, 0.5) is 18.9 Å². The number of hydrogen-bond acceptors (Lipinski definition) is 2. The second-order valence-electron chi connectivity index (χ2n) is 5.86. The molecule has 1 aromatic rings. The number of halogens is 3. The minimum atomic E-state index is -4.41.